The van der Waals surface area contributed by atoms with E-state index in [2.05, 4.69) is 5.32 Å². The molecule has 112 valence electrons. The van der Waals surface area contributed by atoms with E-state index >= 15 is 0 Å². The number of benzene rings is 1. The second kappa shape index (κ2) is 6.55. The molecule has 0 aliphatic carbocycles. The Morgan fingerprint density at radius 3 is 3.10 bits per heavy atom. The summed E-state index contributed by atoms with van der Waals surface area (Å²) in [7, 11) is 0. The SMILES string of the molecule is CC[C@H](N)C(=O)N[C@H]1CCN(c2ccc(F)cc2C#N)C1. The lowest BCUT2D eigenvalue weighted by Gasteiger charge is -2.21. The standard InChI is InChI=1S/C15H19FN4O/c1-2-13(18)15(21)19-12-5-6-20(9-12)14-4-3-11(16)7-10(14)8-17/h3-4,7,12-13H,2,5-6,9,18H2,1H3,(H,19,21)/t12-,13-/m0/s1. The minimum Gasteiger partial charge on any atom is -0.368 e. The van der Waals surface area contributed by atoms with Gasteiger partial charge in [0.15, 0.2) is 0 Å². The highest BCUT2D eigenvalue weighted by atomic mass is 19.1. The Labute approximate surface area is 123 Å². The molecule has 1 fully saturated rings. The number of hydrogen-bond donors (Lipinski definition) is 2. The van der Waals surface area contributed by atoms with Crippen LogP contribution in [-0.2, 0) is 4.79 Å². The molecule has 1 saturated heterocycles. The summed E-state index contributed by atoms with van der Waals surface area (Å²) in [6.45, 7) is 3.18. The molecule has 1 amide bonds. The summed E-state index contributed by atoms with van der Waals surface area (Å²) < 4.78 is 13.2. The molecule has 0 saturated carbocycles. The van der Waals surface area contributed by atoms with Crippen LogP contribution in [0.4, 0.5) is 10.1 Å². The lowest BCUT2D eigenvalue weighted by Crippen LogP contribution is -2.46. The van der Waals surface area contributed by atoms with Crippen molar-refractivity contribution in [2.45, 2.75) is 31.8 Å². The van der Waals surface area contributed by atoms with Crippen LogP contribution in [0.5, 0.6) is 0 Å². The average Bonchev–Trinajstić information content (AvgIpc) is 2.94. The summed E-state index contributed by atoms with van der Waals surface area (Å²) in [5.74, 6) is -0.572. The van der Waals surface area contributed by atoms with Crippen molar-refractivity contribution in [2.75, 3.05) is 18.0 Å². The lowest BCUT2D eigenvalue weighted by atomic mass is 10.1. The third kappa shape index (κ3) is 3.50. The van der Waals surface area contributed by atoms with E-state index in [9.17, 15) is 9.18 Å². The molecular formula is C15H19FN4O. The van der Waals surface area contributed by atoms with Crippen LogP contribution >= 0.6 is 0 Å². The molecule has 1 aromatic rings. The predicted octanol–water partition coefficient (Wildman–Crippen LogP) is 1.13. The van der Waals surface area contributed by atoms with Crippen LogP contribution in [0.25, 0.3) is 0 Å². The molecule has 1 aliphatic heterocycles. The number of carbonyl (C=O) groups is 1. The Balaban J connectivity index is 2.03. The number of nitriles is 1. The summed E-state index contributed by atoms with van der Waals surface area (Å²) >= 11 is 0. The van der Waals surface area contributed by atoms with Gasteiger partial charge in [-0.05, 0) is 31.0 Å². The smallest absolute Gasteiger partial charge is 0.237 e. The molecule has 0 radical (unpaired) electrons. The number of hydrogen-bond acceptors (Lipinski definition) is 4. The normalized spacial score (nSPS) is 19.1. The van der Waals surface area contributed by atoms with Gasteiger partial charge in [0.25, 0.3) is 0 Å². The lowest BCUT2D eigenvalue weighted by molar-refractivity contribution is -0.123. The highest BCUT2D eigenvalue weighted by Crippen LogP contribution is 2.25. The van der Waals surface area contributed by atoms with Crippen LogP contribution in [-0.4, -0.2) is 31.1 Å². The van der Waals surface area contributed by atoms with Crippen molar-refractivity contribution in [1.82, 2.24) is 5.32 Å². The van der Waals surface area contributed by atoms with E-state index in [0.29, 0.717) is 30.8 Å². The fraction of sp³-hybridized carbons (Fsp3) is 0.467. The molecule has 3 N–H and O–H groups in total. The van der Waals surface area contributed by atoms with Crippen LogP contribution in [0.15, 0.2) is 18.2 Å². The number of anilines is 1. The number of nitrogens with one attached hydrogen (secondary N) is 1. The first-order valence-corrected chi connectivity index (χ1v) is 7.05. The molecule has 1 aliphatic rings. The predicted molar refractivity (Wildman–Crippen MR) is 78.1 cm³/mol. The van der Waals surface area contributed by atoms with Crippen LogP contribution in [0, 0.1) is 17.1 Å². The van der Waals surface area contributed by atoms with Crippen molar-refractivity contribution in [3.63, 3.8) is 0 Å². The molecule has 6 heteroatoms. The average molecular weight is 290 g/mol. The van der Waals surface area contributed by atoms with E-state index < -0.39 is 11.9 Å². The topological polar surface area (TPSA) is 82.2 Å². The van der Waals surface area contributed by atoms with Crippen molar-refractivity contribution < 1.29 is 9.18 Å². The van der Waals surface area contributed by atoms with Gasteiger partial charge in [-0.1, -0.05) is 6.92 Å². The number of carbonyl (C=O) groups excluding carboxylic acids is 1. The van der Waals surface area contributed by atoms with Crippen molar-refractivity contribution in [3.8, 4) is 6.07 Å². The summed E-state index contributed by atoms with van der Waals surface area (Å²) in [6, 6.07) is 5.71. The molecule has 0 bridgehead atoms. The van der Waals surface area contributed by atoms with Gasteiger partial charge in [0.05, 0.1) is 17.3 Å². The molecule has 1 heterocycles. The van der Waals surface area contributed by atoms with Gasteiger partial charge in [-0.15, -0.1) is 0 Å². The monoisotopic (exact) mass is 290 g/mol. The van der Waals surface area contributed by atoms with E-state index in [1.54, 1.807) is 6.07 Å². The van der Waals surface area contributed by atoms with Gasteiger partial charge in [0.2, 0.25) is 5.91 Å². The molecule has 5 nitrogen and oxygen atoms in total. The molecule has 2 atom stereocenters. The zero-order valence-corrected chi connectivity index (χ0v) is 12.0. The van der Waals surface area contributed by atoms with Crippen LogP contribution < -0.4 is 16.0 Å². The first kappa shape index (κ1) is 15.3. The van der Waals surface area contributed by atoms with E-state index in [0.717, 1.165) is 6.42 Å². The van der Waals surface area contributed by atoms with E-state index in [-0.39, 0.29) is 11.9 Å². The Hall–Kier alpha value is -2.13. The van der Waals surface area contributed by atoms with Gasteiger partial charge in [0.1, 0.15) is 11.9 Å². The van der Waals surface area contributed by atoms with Crippen molar-refractivity contribution >= 4 is 11.6 Å². The number of amides is 1. The van der Waals surface area contributed by atoms with Crippen LogP contribution in [0.1, 0.15) is 25.3 Å². The number of rotatable bonds is 4. The molecule has 21 heavy (non-hydrogen) atoms. The third-order valence-electron chi connectivity index (χ3n) is 3.73. The highest BCUT2D eigenvalue weighted by molar-refractivity contribution is 5.81. The fourth-order valence-electron chi connectivity index (χ4n) is 2.46. The van der Waals surface area contributed by atoms with Gasteiger partial charge in [0, 0.05) is 19.1 Å². The van der Waals surface area contributed by atoms with Crippen LogP contribution in [0.2, 0.25) is 0 Å². The third-order valence-corrected chi connectivity index (χ3v) is 3.73. The number of nitrogens with two attached hydrogens (primary N) is 1. The fourth-order valence-corrected chi connectivity index (χ4v) is 2.46. The molecule has 1 aromatic carbocycles. The largest absolute Gasteiger partial charge is 0.368 e. The zero-order valence-electron chi connectivity index (χ0n) is 12.0. The van der Waals surface area contributed by atoms with E-state index in [1.807, 2.05) is 17.9 Å². The number of nitrogens with zero attached hydrogens (tertiary/aromatic N) is 2. The minimum absolute atomic E-state index is 0.00620. The molecule has 0 unspecified atom stereocenters. The van der Waals surface area contributed by atoms with Crippen molar-refractivity contribution in [3.05, 3.63) is 29.6 Å². The van der Waals surface area contributed by atoms with Crippen LogP contribution in [0.3, 0.4) is 0 Å². The maximum Gasteiger partial charge on any atom is 0.237 e. The summed E-state index contributed by atoms with van der Waals surface area (Å²) in [5, 5.41) is 12.0. The summed E-state index contributed by atoms with van der Waals surface area (Å²) in [4.78, 5) is 13.8. The quantitative estimate of drug-likeness (QED) is 0.871. The molecule has 2 rings (SSSR count). The van der Waals surface area contributed by atoms with Gasteiger partial charge in [-0.3, -0.25) is 4.79 Å². The Morgan fingerprint density at radius 2 is 2.43 bits per heavy atom. The molecular weight excluding hydrogens is 271 g/mol. The molecule has 0 spiro atoms. The first-order valence-electron chi connectivity index (χ1n) is 7.05. The Kier molecular flexibility index (Phi) is 4.76. The summed E-state index contributed by atoms with van der Waals surface area (Å²) in [5.41, 5.74) is 6.71. The Bertz CT molecular complexity index is 569. The second-order valence-electron chi connectivity index (χ2n) is 5.23. The molecule has 0 aromatic heterocycles. The minimum atomic E-state index is -0.487. The first-order chi connectivity index (χ1) is 10.0. The van der Waals surface area contributed by atoms with Gasteiger partial charge in [-0.25, -0.2) is 4.39 Å². The van der Waals surface area contributed by atoms with E-state index in [1.165, 1.54) is 12.1 Å². The summed E-state index contributed by atoms with van der Waals surface area (Å²) in [6.07, 6.45) is 1.38. The van der Waals surface area contributed by atoms with Gasteiger partial charge >= 0.3 is 0 Å². The zero-order chi connectivity index (χ0) is 15.4. The maximum atomic E-state index is 13.2. The second-order valence-corrected chi connectivity index (χ2v) is 5.23. The highest BCUT2D eigenvalue weighted by Gasteiger charge is 2.26. The van der Waals surface area contributed by atoms with Crippen molar-refractivity contribution in [2.24, 2.45) is 5.73 Å². The van der Waals surface area contributed by atoms with E-state index in [4.69, 9.17) is 11.0 Å². The van der Waals surface area contributed by atoms with Gasteiger partial charge in [-0.2, -0.15) is 5.26 Å². The maximum absolute atomic E-state index is 13.2. The van der Waals surface area contributed by atoms with Gasteiger partial charge < -0.3 is 16.0 Å². The number of halogens is 1. The Morgan fingerprint density at radius 1 is 1.67 bits per heavy atom. The van der Waals surface area contributed by atoms with Crippen molar-refractivity contribution in [1.29, 1.82) is 5.26 Å².